The van der Waals surface area contributed by atoms with Crippen LogP contribution in [0.5, 0.6) is 0 Å². The maximum absolute atomic E-state index is 13.1. The maximum Gasteiger partial charge on any atom is 0.122 e. The molecule has 0 aromatic heterocycles. The van der Waals surface area contributed by atoms with Crippen molar-refractivity contribution in [3.8, 4) is 0 Å². The van der Waals surface area contributed by atoms with Crippen molar-refractivity contribution in [3.63, 3.8) is 0 Å². The molecule has 40 heavy (non-hydrogen) atoms. The first-order valence-corrected chi connectivity index (χ1v) is 13.7. The highest BCUT2D eigenvalue weighted by atomic mass is 16.3. The molecule has 1 aliphatic rings. The van der Waals surface area contributed by atoms with Gasteiger partial charge in [-0.15, -0.1) is 0 Å². The molecule has 2 nitrogen and oxygen atoms in total. The summed E-state index contributed by atoms with van der Waals surface area (Å²) < 4.78 is 0. The van der Waals surface area contributed by atoms with Gasteiger partial charge >= 0.3 is 0 Å². The van der Waals surface area contributed by atoms with Crippen LogP contribution in [0.25, 0.3) is 0 Å². The van der Waals surface area contributed by atoms with Crippen LogP contribution < -0.4 is 0 Å². The van der Waals surface area contributed by atoms with Crippen molar-refractivity contribution in [1.29, 1.82) is 0 Å². The van der Waals surface area contributed by atoms with Gasteiger partial charge in [0.05, 0.1) is 0 Å². The zero-order valence-electron chi connectivity index (χ0n) is 22.2. The summed E-state index contributed by atoms with van der Waals surface area (Å²) >= 11 is 0. The largest absolute Gasteiger partial charge is 0.384 e. The quantitative estimate of drug-likeness (QED) is 0.231. The predicted molar refractivity (Wildman–Crippen MR) is 162 cm³/mol. The lowest BCUT2D eigenvalue weighted by atomic mass is 9.55. The third-order valence-corrected chi connectivity index (χ3v) is 8.21. The molecule has 2 N–H and O–H groups in total. The van der Waals surface area contributed by atoms with Gasteiger partial charge in [0.15, 0.2) is 0 Å². The van der Waals surface area contributed by atoms with Crippen molar-refractivity contribution in [3.05, 3.63) is 203 Å². The Morgan fingerprint density at radius 3 is 1.68 bits per heavy atom. The van der Waals surface area contributed by atoms with Gasteiger partial charge < -0.3 is 10.2 Å². The van der Waals surface area contributed by atoms with Crippen LogP contribution in [0.1, 0.15) is 39.5 Å². The van der Waals surface area contributed by atoms with Gasteiger partial charge in [-0.2, -0.15) is 0 Å². The second-order valence-electron chi connectivity index (χ2n) is 10.4. The Kier molecular flexibility index (Phi) is 7.04. The molecule has 0 saturated heterocycles. The van der Waals surface area contributed by atoms with Gasteiger partial charge in [0.25, 0.3) is 0 Å². The molecule has 5 aromatic carbocycles. The second kappa shape index (κ2) is 10.9. The van der Waals surface area contributed by atoms with E-state index in [0.29, 0.717) is 0 Å². The smallest absolute Gasteiger partial charge is 0.122 e. The minimum absolute atomic E-state index is 0.443. The molecule has 0 amide bonds. The van der Waals surface area contributed by atoms with E-state index in [4.69, 9.17) is 0 Å². The molecule has 6 rings (SSSR count). The lowest BCUT2D eigenvalue weighted by Gasteiger charge is -2.49. The highest BCUT2D eigenvalue weighted by Crippen LogP contribution is 2.54. The van der Waals surface area contributed by atoms with Crippen molar-refractivity contribution < 1.29 is 10.2 Å². The predicted octanol–water partition coefficient (Wildman–Crippen LogP) is 7.73. The fraction of sp³-hybridized carbons (Fsp3) is 0.105. The number of benzene rings is 5. The Morgan fingerprint density at radius 1 is 0.575 bits per heavy atom. The van der Waals surface area contributed by atoms with Crippen molar-refractivity contribution in [1.82, 2.24) is 0 Å². The lowest BCUT2D eigenvalue weighted by molar-refractivity contribution is 0.0163. The zero-order chi connectivity index (χ0) is 27.4. The molecule has 2 heteroatoms. The summed E-state index contributed by atoms with van der Waals surface area (Å²) in [5.41, 5.74) is 3.07. The summed E-state index contributed by atoms with van der Waals surface area (Å²) in [5.74, 6) is -0.443. The molecule has 0 fully saturated rings. The summed E-state index contributed by atoms with van der Waals surface area (Å²) in [5, 5.41) is 24.9. The van der Waals surface area contributed by atoms with Gasteiger partial charge in [0.1, 0.15) is 11.7 Å². The number of hydrogen-bond donors (Lipinski definition) is 2. The summed E-state index contributed by atoms with van der Waals surface area (Å²) in [6.45, 7) is 0. The highest BCUT2D eigenvalue weighted by Gasteiger charge is 2.53. The number of rotatable bonds is 7. The van der Waals surface area contributed by atoms with Crippen LogP contribution in [0, 0.1) is 5.92 Å². The number of hydrogen-bond acceptors (Lipinski definition) is 2. The standard InChI is InChI=1S/C38H32O2/c39-36(29-17-5-1-6-18-29)33-25-13-14-26-34(33)37(30-19-7-2-8-20-30)28-16-15-27-35(37)38(40,31-21-9-3-10-22-31)32-23-11-4-12-24-32/h1-28,35-36,39-40H/t35?,36?,37-/m0/s1. The van der Waals surface area contributed by atoms with Gasteiger partial charge in [-0.05, 0) is 33.4 Å². The first-order chi connectivity index (χ1) is 19.7. The van der Waals surface area contributed by atoms with E-state index in [0.717, 1.165) is 33.4 Å². The van der Waals surface area contributed by atoms with Crippen molar-refractivity contribution in [2.24, 2.45) is 5.92 Å². The van der Waals surface area contributed by atoms with Crippen LogP contribution in [0.3, 0.4) is 0 Å². The van der Waals surface area contributed by atoms with E-state index in [1.807, 2.05) is 133 Å². The third-order valence-electron chi connectivity index (χ3n) is 8.21. The van der Waals surface area contributed by atoms with Crippen molar-refractivity contribution in [2.45, 2.75) is 17.1 Å². The van der Waals surface area contributed by atoms with E-state index in [1.54, 1.807) is 0 Å². The molecule has 0 aliphatic heterocycles. The summed E-state index contributed by atoms with van der Waals surface area (Å²) in [6.07, 6.45) is 7.57. The Morgan fingerprint density at radius 2 is 1.07 bits per heavy atom. The number of allylic oxidation sites excluding steroid dienone is 3. The Labute approximate surface area is 236 Å². The Balaban J connectivity index is 1.67. The van der Waals surface area contributed by atoms with E-state index in [-0.39, 0.29) is 0 Å². The van der Waals surface area contributed by atoms with Crippen molar-refractivity contribution in [2.75, 3.05) is 0 Å². The fourth-order valence-corrected chi connectivity index (χ4v) is 6.35. The average molecular weight is 521 g/mol. The minimum atomic E-state index is -1.38. The molecule has 3 atom stereocenters. The van der Waals surface area contributed by atoms with Crippen molar-refractivity contribution >= 4 is 0 Å². The van der Waals surface area contributed by atoms with E-state index in [2.05, 4.69) is 36.4 Å². The summed E-state index contributed by atoms with van der Waals surface area (Å²) in [7, 11) is 0. The Bertz CT molecular complexity index is 1570. The van der Waals surface area contributed by atoms with E-state index < -0.39 is 23.0 Å². The third kappa shape index (κ3) is 4.32. The van der Waals surface area contributed by atoms with Crippen LogP contribution in [0.15, 0.2) is 170 Å². The van der Waals surface area contributed by atoms with Gasteiger partial charge in [-0.3, -0.25) is 0 Å². The molecular formula is C38H32O2. The van der Waals surface area contributed by atoms with Gasteiger partial charge in [-0.25, -0.2) is 0 Å². The lowest BCUT2D eigenvalue weighted by Crippen LogP contribution is -2.49. The van der Waals surface area contributed by atoms with Crippen LogP contribution in [-0.2, 0) is 11.0 Å². The molecule has 1 aliphatic carbocycles. The maximum atomic E-state index is 13.1. The van der Waals surface area contributed by atoms with Gasteiger partial charge in [0, 0.05) is 11.3 Å². The van der Waals surface area contributed by atoms with Crippen LogP contribution >= 0.6 is 0 Å². The second-order valence-corrected chi connectivity index (χ2v) is 10.4. The zero-order valence-corrected chi connectivity index (χ0v) is 22.2. The summed E-state index contributed by atoms with van der Waals surface area (Å²) in [6, 6.07) is 48.1. The summed E-state index contributed by atoms with van der Waals surface area (Å²) in [4.78, 5) is 0. The van der Waals surface area contributed by atoms with Crippen LogP contribution in [-0.4, -0.2) is 10.2 Å². The number of aliphatic hydroxyl groups is 2. The van der Waals surface area contributed by atoms with E-state index in [9.17, 15) is 10.2 Å². The topological polar surface area (TPSA) is 40.5 Å². The van der Waals surface area contributed by atoms with Crippen LogP contribution in [0.2, 0.25) is 0 Å². The highest BCUT2D eigenvalue weighted by molar-refractivity contribution is 5.57. The molecule has 2 unspecified atom stereocenters. The molecule has 196 valence electrons. The van der Waals surface area contributed by atoms with Crippen LogP contribution in [0.4, 0.5) is 0 Å². The first kappa shape index (κ1) is 25.8. The van der Waals surface area contributed by atoms with Gasteiger partial charge in [0.2, 0.25) is 0 Å². The molecule has 0 radical (unpaired) electrons. The molecule has 0 spiro atoms. The molecule has 0 bridgehead atoms. The average Bonchev–Trinajstić information content (AvgIpc) is 3.05. The number of aliphatic hydroxyl groups excluding tert-OH is 1. The van der Waals surface area contributed by atoms with Gasteiger partial charge in [-0.1, -0.05) is 170 Å². The minimum Gasteiger partial charge on any atom is -0.384 e. The molecular weight excluding hydrogens is 488 g/mol. The molecule has 5 aromatic rings. The normalized spacial score (nSPS) is 19.3. The first-order valence-electron chi connectivity index (χ1n) is 13.7. The fourth-order valence-electron chi connectivity index (χ4n) is 6.35. The van der Waals surface area contributed by atoms with E-state index >= 15 is 0 Å². The SMILES string of the molecule is OC(c1ccccc1)c1ccccc1[C@@]1(c2ccccc2)C=CC=CC1C(O)(c1ccccc1)c1ccccc1. The van der Waals surface area contributed by atoms with E-state index in [1.165, 1.54) is 0 Å². The Hall–Kier alpha value is -4.50. The molecule has 0 saturated carbocycles. The monoisotopic (exact) mass is 520 g/mol. The molecule has 0 heterocycles.